The van der Waals surface area contributed by atoms with Crippen molar-refractivity contribution in [3.05, 3.63) is 34.9 Å². The molecule has 0 spiro atoms. The predicted octanol–water partition coefficient (Wildman–Crippen LogP) is 19.4. The molecular weight excluding hydrogens is 1080 g/mol. The van der Waals surface area contributed by atoms with Gasteiger partial charge in [0.25, 0.3) is 0 Å². The van der Waals surface area contributed by atoms with Gasteiger partial charge in [0.1, 0.15) is 18.8 Å². The topological polar surface area (TPSA) is 156 Å². The largest absolute Gasteiger partial charge is 0.493 e. The monoisotopic (exact) mass is 1200 g/mol. The van der Waals surface area contributed by atoms with E-state index >= 15 is 0 Å². The number of benzene rings is 1. The first-order chi connectivity index (χ1) is 41.0. The number of nitrogens with zero attached hydrogens (tertiary/aromatic N) is 1. The number of hydrogen-bond acceptors (Lipinski definition) is 12. The van der Waals surface area contributed by atoms with Gasteiger partial charge in [0.2, 0.25) is 0 Å². The Morgan fingerprint density at radius 3 is 1.36 bits per heavy atom. The van der Waals surface area contributed by atoms with Crippen LogP contribution < -0.4 is 9.47 Å². The van der Waals surface area contributed by atoms with Crippen LogP contribution >= 0.6 is 7.82 Å². The maximum absolute atomic E-state index is 14.3. The van der Waals surface area contributed by atoms with Gasteiger partial charge in [-0.25, -0.2) is 4.57 Å². The highest BCUT2D eigenvalue weighted by atomic mass is 31.2. The van der Waals surface area contributed by atoms with E-state index in [9.17, 15) is 23.8 Å². The summed E-state index contributed by atoms with van der Waals surface area (Å²) in [6, 6.07) is 3.79. The van der Waals surface area contributed by atoms with E-state index in [1.54, 1.807) is 14.2 Å². The van der Waals surface area contributed by atoms with Crippen molar-refractivity contribution >= 4 is 25.7 Å². The number of rotatable bonds is 55. The van der Waals surface area contributed by atoms with Gasteiger partial charge < -0.3 is 28.6 Å². The number of ether oxygens (including phenoxy) is 5. The fourth-order valence-corrected chi connectivity index (χ4v) is 13.8. The van der Waals surface area contributed by atoms with Gasteiger partial charge in [0, 0.05) is 44.3 Å². The molecule has 1 aromatic rings. The highest BCUT2D eigenvalue weighted by Crippen LogP contribution is 2.54. The number of methoxy groups -OCH3 is 2. The molecule has 0 saturated carbocycles. The minimum atomic E-state index is -4.94. The molecular formula is C70H122NO12P. The zero-order chi connectivity index (χ0) is 60.3. The molecule has 1 fully saturated rings. The first kappa shape index (κ1) is 73.5. The maximum Gasteiger partial charge on any atom is 0.473 e. The lowest BCUT2D eigenvalue weighted by atomic mass is 9.73. The number of carbonyl (C=O) groups excluding carboxylic acids is 3. The van der Waals surface area contributed by atoms with Crippen LogP contribution in [0.15, 0.2) is 23.8 Å². The molecule has 1 aliphatic carbocycles. The lowest BCUT2D eigenvalue weighted by molar-refractivity contribution is -0.161. The van der Waals surface area contributed by atoms with Crippen LogP contribution in [0.1, 0.15) is 327 Å². The zero-order valence-corrected chi connectivity index (χ0v) is 55.0. The predicted molar refractivity (Wildman–Crippen MR) is 341 cm³/mol. The third-order valence-corrected chi connectivity index (χ3v) is 18.8. The third-order valence-electron chi connectivity index (χ3n) is 17.9. The molecule has 2 heterocycles. The van der Waals surface area contributed by atoms with E-state index in [2.05, 4.69) is 25.7 Å². The number of phosphoric ester groups is 1. The van der Waals surface area contributed by atoms with Crippen LogP contribution in [0.3, 0.4) is 0 Å². The van der Waals surface area contributed by atoms with Crippen LogP contribution in [0.4, 0.5) is 0 Å². The second-order valence-corrected chi connectivity index (χ2v) is 26.5. The molecule has 2 aliphatic heterocycles. The number of esters is 3. The Bertz CT molecular complexity index is 1980. The van der Waals surface area contributed by atoms with Crippen LogP contribution in [-0.4, -0.2) is 86.0 Å². The van der Waals surface area contributed by atoms with Crippen molar-refractivity contribution in [1.82, 2.24) is 4.90 Å². The van der Waals surface area contributed by atoms with Crippen LogP contribution in [0.5, 0.6) is 11.5 Å². The van der Waals surface area contributed by atoms with Crippen molar-refractivity contribution in [2.24, 2.45) is 0 Å². The standard InChI is InChI=1S/C70H122NO12P/c1-6-9-12-15-18-21-24-27-28-31-34-36-39-42-45-48-66(73)81-60(56-79-65(72)47-44-41-38-35-32-29-25-22-19-16-13-10-7-2)57-80-84(75,76)83-64-52-58-50-51-71-55-59-53-62(77-4)63(78-5)54-61(59)68(69(58)71)70(64)82-67(74)49-46-43-40-37-33-30-26-23-20-17-14-11-8-3/h52-54,60,64,68-70H,6-51,55-57H2,1-5H3,(H,75,76)/t60?,64-,68-,69+,70+/m0/s1. The molecule has 4 rings (SSSR count). The van der Waals surface area contributed by atoms with E-state index in [1.165, 1.54) is 186 Å². The SMILES string of the molecule is CCCCCCCCCCCCCCCCCC(=O)OC(COC(=O)CCCCCCCCCCCCCCC)COP(=O)(O)O[C@H]1C=C2CCN3Cc4cc(OC)c(OC)cc4[C@H]([C@@H]1OC(=O)CCCCCCCCCCCCCCC)[C@@H]23. The molecule has 484 valence electrons. The van der Waals surface area contributed by atoms with Gasteiger partial charge in [-0.1, -0.05) is 276 Å². The molecule has 1 aromatic carbocycles. The number of hydrogen-bond donors (Lipinski definition) is 1. The van der Waals surface area contributed by atoms with Crippen LogP contribution in [-0.2, 0) is 48.8 Å². The van der Waals surface area contributed by atoms with Gasteiger partial charge in [-0.05, 0) is 48.9 Å². The fourth-order valence-electron chi connectivity index (χ4n) is 12.9. The number of fused-ring (bicyclic) bond motifs is 2. The van der Waals surface area contributed by atoms with E-state index in [4.69, 9.17) is 32.7 Å². The summed E-state index contributed by atoms with van der Waals surface area (Å²) in [6.45, 7) is 7.31. The van der Waals surface area contributed by atoms with Crippen molar-refractivity contribution in [3.63, 3.8) is 0 Å². The molecule has 1 N–H and O–H groups in total. The average Bonchev–Trinajstić information content (AvgIpc) is 1.57. The molecule has 6 atom stereocenters. The minimum absolute atomic E-state index is 0.119. The van der Waals surface area contributed by atoms with E-state index < -0.39 is 50.6 Å². The molecule has 13 nitrogen and oxygen atoms in total. The Hall–Kier alpha value is -2.96. The van der Waals surface area contributed by atoms with Gasteiger partial charge in [-0.2, -0.15) is 0 Å². The fraction of sp³-hybridized carbons (Fsp3) is 0.843. The molecule has 2 unspecified atom stereocenters. The first-order valence-corrected chi connectivity index (χ1v) is 36.4. The lowest BCUT2D eigenvalue weighted by Crippen LogP contribution is -2.52. The van der Waals surface area contributed by atoms with Crippen molar-refractivity contribution in [3.8, 4) is 11.5 Å². The van der Waals surface area contributed by atoms with Gasteiger partial charge in [-0.15, -0.1) is 0 Å². The summed E-state index contributed by atoms with van der Waals surface area (Å²) in [5.74, 6) is -0.598. The van der Waals surface area contributed by atoms with Crippen LogP contribution in [0, 0.1) is 0 Å². The summed E-state index contributed by atoms with van der Waals surface area (Å²) >= 11 is 0. The summed E-state index contributed by atoms with van der Waals surface area (Å²) in [5.41, 5.74) is 2.94. The second kappa shape index (κ2) is 46.2. The molecule has 0 bridgehead atoms. The van der Waals surface area contributed by atoms with E-state index in [-0.39, 0.29) is 37.9 Å². The summed E-state index contributed by atoms with van der Waals surface area (Å²) in [6.07, 6.45) is 49.2. The van der Waals surface area contributed by atoms with Gasteiger partial charge in [0.15, 0.2) is 17.6 Å². The van der Waals surface area contributed by atoms with Crippen molar-refractivity contribution < 1.29 is 56.6 Å². The average molecular weight is 1200 g/mol. The van der Waals surface area contributed by atoms with E-state index in [1.807, 2.05) is 18.2 Å². The third kappa shape index (κ3) is 30.8. The number of carbonyl (C=O) groups is 3. The van der Waals surface area contributed by atoms with Crippen LogP contribution in [0.25, 0.3) is 0 Å². The number of phosphoric acid groups is 1. The summed E-state index contributed by atoms with van der Waals surface area (Å²) in [7, 11) is -1.75. The molecule has 0 aromatic heterocycles. The highest BCUT2D eigenvalue weighted by Gasteiger charge is 2.53. The Kier molecular flexibility index (Phi) is 40.4. The lowest BCUT2D eigenvalue weighted by Gasteiger charge is -2.46. The van der Waals surface area contributed by atoms with Gasteiger partial charge in [-0.3, -0.25) is 28.3 Å². The summed E-state index contributed by atoms with van der Waals surface area (Å²) < 4.78 is 55.6. The van der Waals surface area contributed by atoms with E-state index in [0.717, 1.165) is 81.0 Å². The second-order valence-electron chi connectivity index (χ2n) is 25.1. The van der Waals surface area contributed by atoms with E-state index in [0.29, 0.717) is 43.7 Å². The minimum Gasteiger partial charge on any atom is -0.493 e. The van der Waals surface area contributed by atoms with Crippen LogP contribution in [0.2, 0.25) is 0 Å². The Labute approximate surface area is 511 Å². The summed E-state index contributed by atoms with van der Waals surface area (Å²) in [5, 5.41) is 0. The first-order valence-electron chi connectivity index (χ1n) is 34.9. The molecule has 1 saturated heterocycles. The Morgan fingerprint density at radius 2 is 0.929 bits per heavy atom. The summed E-state index contributed by atoms with van der Waals surface area (Å²) in [4.78, 5) is 54.4. The normalized spacial score (nSPS) is 18.4. The van der Waals surface area contributed by atoms with Gasteiger partial charge >= 0.3 is 25.7 Å². The quantitative estimate of drug-likeness (QED) is 0.0216. The van der Waals surface area contributed by atoms with Crippen molar-refractivity contribution in [2.45, 2.75) is 347 Å². The smallest absolute Gasteiger partial charge is 0.473 e. The maximum atomic E-state index is 14.3. The highest BCUT2D eigenvalue weighted by molar-refractivity contribution is 7.47. The van der Waals surface area contributed by atoms with Gasteiger partial charge in [0.05, 0.1) is 20.8 Å². The Morgan fingerprint density at radius 1 is 0.536 bits per heavy atom. The molecule has 0 radical (unpaired) electrons. The van der Waals surface area contributed by atoms with Crippen molar-refractivity contribution in [1.29, 1.82) is 0 Å². The molecule has 3 aliphatic rings. The van der Waals surface area contributed by atoms with Crippen molar-refractivity contribution in [2.75, 3.05) is 34.0 Å². The zero-order valence-electron chi connectivity index (χ0n) is 54.1. The number of unbranched alkanes of at least 4 members (excludes halogenated alkanes) is 38. The Balaban J connectivity index is 1.35. The molecule has 0 amide bonds. The molecule has 14 heteroatoms. The molecule has 84 heavy (non-hydrogen) atoms.